The van der Waals surface area contributed by atoms with Crippen LogP contribution in [0.4, 0.5) is 13.2 Å². The summed E-state index contributed by atoms with van der Waals surface area (Å²) in [5.74, 6) is 0. The number of allylic oxidation sites excluding steroid dienone is 1. The Hall–Kier alpha value is -1.29. The summed E-state index contributed by atoms with van der Waals surface area (Å²) < 4.78 is 37.5. The van der Waals surface area contributed by atoms with E-state index in [0.717, 1.165) is 49.1 Å². The lowest BCUT2D eigenvalue weighted by Crippen LogP contribution is -2.31. The highest BCUT2D eigenvalue weighted by Gasteiger charge is 2.29. The molecule has 0 saturated carbocycles. The summed E-state index contributed by atoms with van der Waals surface area (Å²) in [7, 11) is 0. The van der Waals surface area contributed by atoms with Gasteiger partial charge in [-0.1, -0.05) is 24.6 Å². The van der Waals surface area contributed by atoms with Gasteiger partial charge in [0.1, 0.15) is 0 Å². The summed E-state index contributed by atoms with van der Waals surface area (Å²) >= 11 is 0. The van der Waals surface area contributed by atoms with Gasteiger partial charge in [0.05, 0.1) is 5.56 Å². The molecule has 0 aliphatic heterocycles. The van der Waals surface area contributed by atoms with Gasteiger partial charge in [0.2, 0.25) is 0 Å². The van der Waals surface area contributed by atoms with Crippen LogP contribution in [-0.2, 0) is 12.6 Å². The minimum absolute atomic E-state index is 0.272. The molecule has 0 saturated heterocycles. The summed E-state index contributed by atoms with van der Waals surface area (Å²) in [6.07, 6.45) is -1.65. The molecule has 1 aromatic carbocycles. The van der Waals surface area contributed by atoms with E-state index in [1.165, 1.54) is 0 Å². The van der Waals surface area contributed by atoms with Crippen molar-refractivity contribution in [2.75, 3.05) is 6.54 Å². The van der Waals surface area contributed by atoms with E-state index in [1.54, 1.807) is 12.1 Å². The average molecular weight is 285 g/mol. The molecule has 0 aliphatic carbocycles. The Bertz CT molecular complexity index is 420. The molecule has 0 spiro atoms. The van der Waals surface area contributed by atoms with Crippen LogP contribution >= 0.6 is 0 Å². The number of halogens is 3. The predicted octanol–water partition coefficient (Wildman–Crippen LogP) is 4.58. The summed E-state index contributed by atoms with van der Waals surface area (Å²) in [5, 5.41) is 3.37. The summed E-state index contributed by atoms with van der Waals surface area (Å²) in [6.45, 7) is 8.74. The van der Waals surface area contributed by atoms with E-state index in [9.17, 15) is 13.2 Å². The number of likely N-dealkylation sites (N-methyl/N-ethyl adjacent to an activating group) is 1. The SMILES string of the molecule is C=C(C)CCC(Cc1ccc(C(F)(F)F)cc1)NCC. The van der Waals surface area contributed by atoms with Crippen molar-refractivity contribution in [3.8, 4) is 0 Å². The van der Waals surface area contributed by atoms with Gasteiger partial charge in [-0.3, -0.25) is 0 Å². The van der Waals surface area contributed by atoms with Gasteiger partial charge in [-0.15, -0.1) is 6.58 Å². The van der Waals surface area contributed by atoms with E-state index in [1.807, 2.05) is 13.8 Å². The number of hydrogen-bond donors (Lipinski definition) is 1. The third-order valence-electron chi connectivity index (χ3n) is 3.18. The Kier molecular flexibility index (Phi) is 6.27. The Morgan fingerprint density at radius 2 is 1.85 bits per heavy atom. The highest BCUT2D eigenvalue weighted by Crippen LogP contribution is 2.29. The van der Waals surface area contributed by atoms with Gasteiger partial charge in [0.25, 0.3) is 0 Å². The fourth-order valence-electron chi connectivity index (χ4n) is 2.10. The van der Waals surface area contributed by atoms with Crippen molar-refractivity contribution in [2.24, 2.45) is 0 Å². The van der Waals surface area contributed by atoms with Gasteiger partial charge in [-0.05, 0) is 50.4 Å². The zero-order chi connectivity index (χ0) is 15.2. The normalized spacial score (nSPS) is 13.2. The Labute approximate surface area is 118 Å². The molecular weight excluding hydrogens is 263 g/mol. The molecule has 1 rings (SSSR count). The monoisotopic (exact) mass is 285 g/mol. The molecule has 112 valence electrons. The number of alkyl halides is 3. The third-order valence-corrected chi connectivity index (χ3v) is 3.18. The molecule has 0 radical (unpaired) electrons. The molecule has 0 heterocycles. The highest BCUT2D eigenvalue weighted by atomic mass is 19.4. The molecular formula is C16H22F3N. The average Bonchev–Trinajstić information content (AvgIpc) is 2.36. The number of hydrogen-bond acceptors (Lipinski definition) is 1. The third kappa shape index (κ3) is 5.78. The summed E-state index contributed by atoms with van der Waals surface area (Å²) in [5.41, 5.74) is 1.45. The van der Waals surface area contributed by atoms with Crippen LogP contribution in [0.1, 0.15) is 37.8 Å². The Morgan fingerprint density at radius 3 is 2.30 bits per heavy atom. The molecule has 1 N–H and O–H groups in total. The van der Waals surface area contributed by atoms with Crippen molar-refractivity contribution in [3.05, 3.63) is 47.5 Å². The molecule has 1 aromatic rings. The molecule has 0 aromatic heterocycles. The van der Waals surface area contributed by atoms with Crippen LogP contribution in [0.25, 0.3) is 0 Å². The Morgan fingerprint density at radius 1 is 1.25 bits per heavy atom. The van der Waals surface area contributed by atoms with Crippen molar-refractivity contribution in [3.63, 3.8) is 0 Å². The molecule has 1 nitrogen and oxygen atoms in total. The van der Waals surface area contributed by atoms with Gasteiger partial charge in [0, 0.05) is 6.04 Å². The first kappa shape index (κ1) is 16.8. The smallest absolute Gasteiger partial charge is 0.314 e. The Balaban J connectivity index is 2.66. The molecule has 0 amide bonds. The van der Waals surface area contributed by atoms with Gasteiger partial charge in [-0.25, -0.2) is 0 Å². The molecule has 0 aliphatic rings. The fraction of sp³-hybridized carbons (Fsp3) is 0.500. The van der Waals surface area contributed by atoms with Crippen LogP contribution in [-0.4, -0.2) is 12.6 Å². The molecule has 4 heteroatoms. The van der Waals surface area contributed by atoms with E-state index < -0.39 is 11.7 Å². The van der Waals surface area contributed by atoms with Crippen molar-refractivity contribution >= 4 is 0 Å². The van der Waals surface area contributed by atoms with Gasteiger partial charge >= 0.3 is 6.18 Å². The second kappa shape index (κ2) is 7.48. The molecule has 1 unspecified atom stereocenters. The lowest BCUT2D eigenvalue weighted by molar-refractivity contribution is -0.137. The zero-order valence-corrected chi connectivity index (χ0v) is 12.1. The van der Waals surface area contributed by atoms with Gasteiger partial charge in [-0.2, -0.15) is 13.2 Å². The minimum atomic E-state index is -4.26. The molecule has 20 heavy (non-hydrogen) atoms. The summed E-state index contributed by atoms with van der Waals surface area (Å²) in [6, 6.07) is 5.70. The van der Waals surface area contributed by atoms with E-state index in [2.05, 4.69) is 11.9 Å². The minimum Gasteiger partial charge on any atom is -0.314 e. The van der Waals surface area contributed by atoms with Crippen LogP contribution in [0, 0.1) is 0 Å². The van der Waals surface area contributed by atoms with Crippen molar-refractivity contribution in [2.45, 2.75) is 45.3 Å². The maximum atomic E-state index is 12.5. The van der Waals surface area contributed by atoms with Crippen LogP contribution in [0.2, 0.25) is 0 Å². The molecule has 0 fully saturated rings. The van der Waals surface area contributed by atoms with Crippen LogP contribution in [0.5, 0.6) is 0 Å². The standard InChI is InChI=1S/C16H22F3N/c1-4-20-15(10-5-12(2)3)11-13-6-8-14(9-7-13)16(17,18)19/h6-9,15,20H,2,4-5,10-11H2,1,3H3. The number of rotatable bonds is 7. The lowest BCUT2D eigenvalue weighted by Gasteiger charge is -2.18. The first-order chi connectivity index (χ1) is 9.32. The van der Waals surface area contributed by atoms with Crippen LogP contribution in [0.3, 0.4) is 0 Å². The van der Waals surface area contributed by atoms with Gasteiger partial charge in [0.15, 0.2) is 0 Å². The van der Waals surface area contributed by atoms with E-state index >= 15 is 0 Å². The van der Waals surface area contributed by atoms with E-state index in [-0.39, 0.29) is 6.04 Å². The number of nitrogens with one attached hydrogen (secondary N) is 1. The quantitative estimate of drug-likeness (QED) is 0.723. The van der Waals surface area contributed by atoms with Gasteiger partial charge < -0.3 is 5.32 Å². The summed E-state index contributed by atoms with van der Waals surface area (Å²) in [4.78, 5) is 0. The van der Waals surface area contributed by atoms with Crippen LogP contribution < -0.4 is 5.32 Å². The first-order valence-corrected chi connectivity index (χ1v) is 6.86. The molecule has 0 bridgehead atoms. The predicted molar refractivity (Wildman–Crippen MR) is 76.7 cm³/mol. The maximum absolute atomic E-state index is 12.5. The van der Waals surface area contributed by atoms with Crippen LogP contribution in [0.15, 0.2) is 36.4 Å². The fourth-order valence-corrected chi connectivity index (χ4v) is 2.10. The topological polar surface area (TPSA) is 12.0 Å². The maximum Gasteiger partial charge on any atom is 0.416 e. The van der Waals surface area contributed by atoms with E-state index in [4.69, 9.17) is 0 Å². The molecule has 1 atom stereocenters. The highest BCUT2D eigenvalue weighted by molar-refractivity contribution is 5.25. The van der Waals surface area contributed by atoms with Crippen molar-refractivity contribution in [1.82, 2.24) is 5.32 Å². The van der Waals surface area contributed by atoms with Crippen molar-refractivity contribution in [1.29, 1.82) is 0 Å². The van der Waals surface area contributed by atoms with E-state index in [0.29, 0.717) is 0 Å². The number of benzene rings is 1. The second-order valence-electron chi connectivity index (χ2n) is 5.15. The lowest BCUT2D eigenvalue weighted by atomic mass is 9.99. The van der Waals surface area contributed by atoms with Crippen molar-refractivity contribution < 1.29 is 13.2 Å². The second-order valence-corrected chi connectivity index (χ2v) is 5.15. The largest absolute Gasteiger partial charge is 0.416 e. The zero-order valence-electron chi connectivity index (χ0n) is 12.1. The first-order valence-electron chi connectivity index (χ1n) is 6.86.